The second-order valence-corrected chi connectivity index (χ2v) is 10.4. The van der Waals surface area contributed by atoms with E-state index in [-0.39, 0.29) is 23.8 Å². The minimum absolute atomic E-state index is 0.154. The zero-order valence-electron chi connectivity index (χ0n) is 19.4. The number of Topliss-reactive ketones (excluding diaryl/α,β-unsaturated/α-hetero) is 1. The van der Waals surface area contributed by atoms with Crippen LogP contribution in [0.5, 0.6) is 0 Å². The molecule has 1 aromatic carbocycles. The third kappa shape index (κ3) is 5.53. The van der Waals surface area contributed by atoms with E-state index in [1.807, 2.05) is 17.0 Å². The molecule has 1 N–H and O–H groups in total. The molecule has 3 aliphatic rings. The van der Waals surface area contributed by atoms with Gasteiger partial charge in [0.15, 0.2) is 5.78 Å². The van der Waals surface area contributed by atoms with Crippen LogP contribution in [-0.4, -0.2) is 82.9 Å². The molecule has 6 nitrogen and oxygen atoms in total. The van der Waals surface area contributed by atoms with E-state index in [0.29, 0.717) is 37.0 Å². The van der Waals surface area contributed by atoms with E-state index in [4.69, 9.17) is 11.6 Å². The Kier molecular flexibility index (Phi) is 7.55. The van der Waals surface area contributed by atoms with Gasteiger partial charge in [0.2, 0.25) is 5.91 Å². The molecule has 2 saturated heterocycles. The van der Waals surface area contributed by atoms with Gasteiger partial charge >= 0.3 is 0 Å². The molecule has 176 valence electrons. The lowest BCUT2D eigenvalue weighted by molar-refractivity contribution is -0.140. The number of aliphatic hydroxyl groups is 1. The van der Waals surface area contributed by atoms with Gasteiger partial charge < -0.3 is 10.0 Å². The minimum atomic E-state index is -0.293. The van der Waals surface area contributed by atoms with Crippen molar-refractivity contribution in [2.24, 2.45) is 5.92 Å². The van der Waals surface area contributed by atoms with Gasteiger partial charge in [0.25, 0.3) is 0 Å². The van der Waals surface area contributed by atoms with Crippen molar-refractivity contribution in [3.63, 3.8) is 0 Å². The van der Waals surface area contributed by atoms with E-state index in [1.54, 1.807) is 0 Å². The number of amides is 1. The SMILES string of the molecule is Cc1c(CC(=O)CN2CC(O)C2)cc(Cl)cc1CN1CCN(C(=O)C2CCCC2)[C@@H](C)C1. The predicted molar refractivity (Wildman–Crippen MR) is 126 cm³/mol. The van der Waals surface area contributed by atoms with Gasteiger partial charge in [-0.05, 0) is 55.5 Å². The summed E-state index contributed by atoms with van der Waals surface area (Å²) in [5.74, 6) is 0.740. The maximum absolute atomic E-state index is 12.9. The molecule has 0 bridgehead atoms. The second kappa shape index (κ2) is 10.2. The Hall–Kier alpha value is -1.47. The monoisotopic (exact) mass is 461 g/mol. The first-order chi connectivity index (χ1) is 15.3. The quantitative estimate of drug-likeness (QED) is 0.676. The Morgan fingerprint density at radius 3 is 2.41 bits per heavy atom. The zero-order valence-corrected chi connectivity index (χ0v) is 20.1. The summed E-state index contributed by atoms with van der Waals surface area (Å²) in [6.07, 6.45) is 4.54. The molecule has 1 aliphatic carbocycles. The summed E-state index contributed by atoms with van der Waals surface area (Å²) in [4.78, 5) is 31.9. The van der Waals surface area contributed by atoms with Crippen LogP contribution in [0.2, 0.25) is 5.02 Å². The Morgan fingerprint density at radius 1 is 1.06 bits per heavy atom. The van der Waals surface area contributed by atoms with Gasteiger partial charge in [-0.1, -0.05) is 24.4 Å². The number of halogens is 1. The maximum atomic E-state index is 12.9. The lowest BCUT2D eigenvalue weighted by Gasteiger charge is -2.41. The molecule has 1 saturated carbocycles. The van der Waals surface area contributed by atoms with Crippen molar-refractivity contribution < 1.29 is 14.7 Å². The van der Waals surface area contributed by atoms with Gasteiger partial charge in [-0.15, -0.1) is 0 Å². The average molecular weight is 462 g/mol. The number of hydrogen-bond donors (Lipinski definition) is 1. The normalized spacial score (nSPS) is 23.5. The molecule has 1 atom stereocenters. The van der Waals surface area contributed by atoms with Crippen LogP contribution >= 0.6 is 11.6 Å². The summed E-state index contributed by atoms with van der Waals surface area (Å²) < 4.78 is 0. The molecule has 0 unspecified atom stereocenters. The Labute approximate surface area is 196 Å². The summed E-state index contributed by atoms with van der Waals surface area (Å²) in [5, 5.41) is 10.1. The van der Waals surface area contributed by atoms with Crippen molar-refractivity contribution >= 4 is 23.3 Å². The average Bonchev–Trinajstić information content (AvgIpc) is 3.25. The van der Waals surface area contributed by atoms with E-state index >= 15 is 0 Å². The van der Waals surface area contributed by atoms with Gasteiger partial charge in [0.1, 0.15) is 0 Å². The molecule has 0 aromatic heterocycles. The van der Waals surface area contributed by atoms with Gasteiger partial charge in [0.05, 0.1) is 12.6 Å². The topological polar surface area (TPSA) is 64.1 Å². The smallest absolute Gasteiger partial charge is 0.226 e. The molecule has 2 aliphatic heterocycles. The molecule has 1 aromatic rings. The summed E-state index contributed by atoms with van der Waals surface area (Å²) in [6, 6.07) is 4.13. The summed E-state index contributed by atoms with van der Waals surface area (Å²) in [7, 11) is 0. The molecule has 0 spiro atoms. The first kappa shape index (κ1) is 23.7. The van der Waals surface area contributed by atoms with Crippen LogP contribution in [0.25, 0.3) is 0 Å². The molecule has 2 heterocycles. The second-order valence-electron chi connectivity index (χ2n) is 10.0. The van der Waals surface area contributed by atoms with Crippen LogP contribution in [0.15, 0.2) is 12.1 Å². The molecular formula is C25H36ClN3O3. The zero-order chi connectivity index (χ0) is 22.8. The van der Waals surface area contributed by atoms with Crippen LogP contribution in [0, 0.1) is 12.8 Å². The molecule has 0 radical (unpaired) electrons. The number of ketones is 1. The summed E-state index contributed by atoms with van der Waals surface area (Å²) >= 11 is 6.43. The Balaban J connectivity index is 1.35. The van der Waals surface area contributed by atoms with Crippen molar-refractivity contribution in [3.8, 4) is 0 Å². The Morgan fingerprint density at radius 2 is 1.75 bits per heavy atom. The van der Waals surface area contributed by atoms with E-state index in [9.17, 15) is 14.7 Å². The highest BCUT2D eigenvalue weighted by molar-refractivity contribution is 6.30. The largest absolute Gasteiger partial charge is 0.390 e. The van der Waals surface area contributed by atoms with Gasteiger partial charge in [-0.3, -0.25) is 19.4 Å². The fourth-order valence-electron chi connectivity index (χ4n) is 5.49. The number of carbonyl (C=O) groups excluding carboxylic acids is 2. The van der Waals surface area contributed by atoms with E-state index in [1.165, 1.54) is 12.8 Å². The van der Waals surface area contributed by atoms with E-state index in [0.717, 1.165) is 55.7 Å². The molecule has 4 rings (SSSR count). The van der Waals surface area contributed by atoms with Crippen molar-refractivity contribution in [1.82, 2.24) is 14.7 Å². The lowest BCUT2D eigenvalue weighted by Crippen LogP contribution is -2.54. The number of likely N-dealkylation sites (tertiary alicyclic amines) is 1. The fraction of sp³-hybridized carbons (Fsp3) is 0.680. The number of β-amino-alcohol motifs (C(OH)–C–C–N with tert-alkyl or cyclic N) is 1. The van der Waals surface area contributed by atoms with Crippen molar-refractivity contribution in [1.29, 1.82) is 0 Å². The van der Waals surface area contributed by atoms with Gasteiger partial charge in [0, 0.05) is 62.7 Å². The van der Waals surface area contributed by atoms with Crippen LogP contribution in [0.3, 0.4) is 0 Å². The third-order valence-corrected chi connectivity index (χ3v) is 7.62. The highest BCUT2D eigenvalue weighted by atomic mass is 35.5. The number of piperazine rings is 1. The first-order valence-electron chi connectivity index (χ1n) is 12.0. The molecule has 32 heavy (non-hydrogen) atoms. The van der Waals surface area contributed by atoms with Crippen molar-refractivity contribution in [2.75, 3.05) is 39.3 Å². The summed E-state index contributed by atoms with van der Waals surface area (Å²) in [5.41, 5.74) is 3.27. The standard InChI is InChI=1S/C25H36ClN3O3/c1-17-12-27(7-8-29(17)25(32)19-5-3-4-6-19)13-21-10-22(26)9-20(18(21)2)11-23(30)14-28-15-24(31)16-28/h9-10,17,19,24,31H,3-8,11-16H2,1-2H3/t17-/m0/s1. The van der Waals surface area contributed by atoms with Crippen molar-refractivity contribution in [2.45, 2.75) is 64.6 Å². The predicted octanol–water partition coefficient (Wildman–Crippen LogP) is 2.66. The lowest BCUT2D eigenvalue weighted by atomic mass is 9.97. The summed E-state index contributed by atoms with van der Waals surface area (Å²) in [6.45, 7) is 9.05. The van der Waals surface area contributed by atoms with Gasteiger partial charge in [-0.2, -0.15) is 0 Å². The molecule has 7 heteroatoms. The third-order valence-electron chi connectivity index (χ3n) is 7.41. The first-order valence-corrected chi connectivity index (χ1v) is 12.4. The van der Waals surface area contributed by atoms with Crippen LogP contribution < -0.4 is 0 Å². The van der Waals surface area contributed by atoms with Crippen LogP contribution in [0.1, 0.15) is 49.3 Å². The number of hydrogen-bond acceptors (Lipinski definition) is 5. The highest BCUT2D eigenvalue weighted by Crippen LogP contribution is 2.29. The van der Waals surface area contributed by atoms with E-state index in [2.05, 4.69) is 23.6 Å². The number of benzene rings is 1. The van der Waals surface area contributed by atoms with Crippen LogP contribution in [-0.2, 0) is 22.6 Å². The maximum Gasteiger partial charge on any atom is 0.226 e. The minimum Gasteiger partial charge on any atom is -0.390 e. The molecule has 3 fully saturated rings. The van der Waals surface area contributed by atoms with Gasteiger partial charge in [-0.25, -0.2) is 0 Å². The fourth-order valence-corrected chi connectivity index (χ4v) is 5.75. The molecular weight excluding hydrogens is 426 g/mol. The van der Waals surface area contributed by atoms with Crippen LogP contribution in [0.4, 0.5) is 0 Å². The number of aliphatic hydroxyl groups excluding tert-OH is 1. The number of rotatable bonds is 7. The highest BCUT2D eigenvalue weighted by Gasteiger charge is 2.33. The molecule has 1 amide bonds. The number of carbonyl (C=O) groups is 2. The Bertz CT molecular complexity index is 849. The van der Waals surface area contributed by atoms with Crippen molar-refractivity contribution in [3.05, 3.63) is 33.8 Å². The number of nitrogens with zero attached hydrogens (tertiary/aromatic N) is 3. The van der Waals surface area contributed by atoms with E-state index < -0.39 is 0 Å².